The number of benzene rings is 3. The van der Waals surface area contributed by atoms with Gasteiger partial charge in [0.25, 0.3) is 0 Å². The Kier molecular flexibility index (Phi) is 12.7. The molecule has 2 atom stereocenters. The highest BCUT2D eigenvalue weighted by Crippen LogP contribution is 2.58. The van der Waals surface area contributed by atoms with Gasteiger partial charge in [-0.3, -0.25) is 0 Å². The zero-order chi connectivity index (χ0) is 41.3. The fraction of sp³-hybridized carbons (Fsp3) is 0.451. The molecule has 4 aromatic heterocycles. The lowest BCUT2D eigenvalue weighted by molar-refractivity contribution is 0.0323. The molecule has 0 N–H and O–H groups in total. The zero-order valence-corrected chi connectivity index (χ0v) is 38.7. The van der Waals surface area contributed by atoms with Crippen LogP contribution in [0.5, 0.6) is 5.75 Å². The smallest absolute Gasteiger partial charge is 0.140 e. The molecule has 2 unspecified atom stereocenters. The standard InChI is InChI=1S/C51H60N4OS3/c1-31(2)17-15-19-33(5)25-27-51(28-26-34(6)20-16-18-32(3)4)39-30-41(58-49(39)50-40(56-51)29-35(7)57-50)42-47-43(36(8)44-48(42)55-59-54-44)52-45(37-21-11-9-12-22-37)46(53-47)38-23-13-10-14-24-38/h9-14,21-24,29-34H,15-20,25-28H2,1-8H3. The van der Waals surface area contributed by atoms with E-state index < -0.39 is 5.60 Å². The first kappa shape index (κ1) is 41.7. The highest BCUT2D eigenvalue weighted by Gasteiger charge is 2.44. The zero-order valence-electron chi connectivity index (χ0n) is 36.2. The molecular formula is C51H60N4OS3. The van der Waals surface area contributed by atoms with Gasteiger partial charge in [-0.1, -0.05) is 141 Å². The van der Waals surface area contributed by atoms with Crippen molar-refractivity contribution in [3.8, 4) is 48.5 Å². The van der Waals surface area contributed by atoms with E-state index in [1.807, 2.05) is 22.7 Å². The average Bonchev–Trinajstić information content (AvgIpc) is 3.99. The van der Waals surface area contributed by atoms with Crippen LogP contribution in [0, 0.1) is 37.5 Å². The van der Waals surface area contributed by atoms with Crippen LogP contribution in [-0.4, -0.2) is 18.7 Å². The van der Waals surface area contributed by atoms with E-state index in [0.29, 0.717) is 11.8 Å². The Labute approximate surface area is 364 Å². The largest absolute Gasteiger partial charge is 0.481 e. The second-order valence-corrected chi connectivity index (χ2v) is 21.1. The number of hydrogen-bond donors (Lipinski definition) is 0. The molecule has 7 aromatic rings. The maximum Gasteiger partial charge on any atom is 0.140 e. The molecular weight excluding hydrogens is 781 g/mol. The lowest BCUT2D eigenvalue weighted by atomic mass is 9.78. The molecule has 5 heterocycles. The van der Waals surface area contributed by atoms with Crippen molar-refractivity contribution in [2.24, 2.45) is 23.7 Å². The topological polar surface area (TPSA) is 60.8 Å². The number of aryl methyl sites for hydroxylation is 2. The molecule has 0 bridgehead atoms. The molecule has 0 saturated carbocycles. The summed E-state index contributed by atoms with van der Waals surface area (Å²) in [5.41, 5.74) is 10.4. The van der Waals surface area contributed by atoms with Gasteiger partial charge in [-0.25, -0.2) is 9.97 Å². The van der Waals surface area contributed by atoms with Crippen LogP contribution in [0.3, 0.4) is 0 Å². The Hall–Kier alpha value is -3.98. The molecule has 3 aromatic carbocycles. The Balaban J connectivity index is 1.30. The second-order valence-electron chi connectivity index (χ2n) is 18.2. The number of hydrogen-bond acceptors (Lipinski definition) is 8. The summed E-state index contributed by atoms with van der Waals surface area (Å²) in [6.45, 7) is 18.6. The summed E-state index contributed by atoms with van der Waals surface area (Å²) in [5.74, 6) is 3.82. The fourth-order valence-corrected chi connectivity index (χ4v) is 12.0. The summed E-state index contributed by atoms with van der Waals surface area (Å²) in [6.07, 6.45) is 12.0. The summed E-state index contributed by atoms with van der Waals surface area (Å²) >= 11 is 5.03. The highest BCUT2D eigenvalue weighted by atomic mass is 32.1. The van der Waals surface area contributed by atoms with Crippen molar-refractivity contribution >= 4 is 56.5 Å². The maximum atomic E-state index is 7.49. The molecule has 0 spiro atoms. The monoisotopic (exact) mass is 840 g/mol. The molecule has 0 amide bonds. The third-order valence-corrected chi connectivity index (χ3v) is 15.4. The molecule has 8 rings (SSSR count). The summed E-state index contributed by atoms with van der Waals surface area (Å²) < 4.78 is 17.4. The predicted octanol–water partition coefficient (Wildman–Crippen LogP) is 16.1. The first-order chi connectivity index (χ1) is 28.5. The van der Waals surface area contributed by atoms with Gasteiger partial charge in [0.1, 0.15) is 27.9 Å². The normalized spacial score (nSPS) is 16.2. The van der Waals surface area contributed by atoms with Gasteiger partial charge >= 0.3 is 0 Å². The van der Waals surface area contributed by atoms with Crippen molar-refractivity contribution in [3.05, 3.63) is 88.8 Å². The number of thiophene rings is 2. The van der Waals surface area contributed by atoms with E-state index in [1.54, 1.807) is 0 Å². The van der Waals surface area contributed by atoms with Crippen molar-refractivity contribution in [3.63, 3.8) is 0 Å². The highest BCUT2D eigenvalue weighted by molar-refractivity contribution is 7.24. The first-order valence-corrected chi connectivity index (χ1v) is 24.4. The number of rotatable bonds is 17. The van der Waals surface area contributed by atoms with E-state index >= 15 is 0 Å². The molecule has 0 saturated heterocycles. The molecule has 1 aliphatic heterocycles. The van der Waals surface area contributed by atoms with Crippen LogP contribution >= 0.6 is 34.4 Å². The van der Waals surface area contributed by atoms with Gasteiger partial charge in [0.15, 0.2) is 0 Å². The number of ether oxygens (including phenoxy) is 1. The van der Waals surface area contributed by atoms with Crippen molar-refractivity contribution in [2.75, 3.05) is 0 Å². The number of aromatic nitrogens is 4. The Bertz CT molecular complexity index is 2490. The van der Waals surface area contributed by atoms with Crippen LogP contribution in [0.1, 0.15) is 122 Å². The van der Waals surface area contributed by atoms with Gasteiger partial charge in [-0.15, -0.1) is 22.7 Å². The molecule has 308 valence electrons. The minimum Gasteiger partial charge on any atom is -0.481 e. The van der Waals surface area contributed by atoms with E-state index in [0.717, 1.165) is 99.0 Å². The SMILES string of the molecule is Cc1cc2c(s1)-c1sc(-c3c4nsnc4c(C)c4nc(-c5ccccc5)c(-c5ccccc5)nc34)cc1C(CCC(C)CCCC(C)C)(CCC(C)CCCC(C)C)O2. The third-order valence-electron chi connectivity index (χ3n) is 12.5. The number of nitrogens with zero attached hydrogens (tertiary/aromatic N) is 4. The summed E-state index contributed by atoms with van der Waals surface area (Å²) in [6, 6.07) is 25.7. The average molecular weight is 841 g/mol. The molecule has 0 aliphatic carbocycles. The van der Waals surface area contributed by atoms with Gasteiger partial charge in [0.05, 0.1) is 38.4 Å². The third kappa shape index (κ3) is 8.78. The minimum atomic E-state index is -0.412. The quantitative estimate of drug-likeness (QED) is 0.0914. The Morgan fingerprint density at radius 1 is 0.593 bits per heavy atom. The van der Waals surface area contributed by atoms with E-state index in [-0.39, 0.29) is 0 Å². The van der Waals surface area contributed by atoms with E-state index in [2.05, 4.69) is 128 Å². The Morgan fingerprint density at radius 3 is 1.73 bits per heavy atom. The first-order valence-electron chi connectivity index (χ1n) is 22.0. The molecule has 1 aliphatic rings. The lowest BCUT2D eigenvalue weighted by Crippen LogP contribution is -2.36. The van der Waals surface area contributed by atoms with Crippen LogP contribution in [0.15, 0.2) is 72.8 Å². The predicted molar refractivity (Wildman–Crippen MR) is 254 cm³/mol. The molecule has 59 heavy (non-hydrogen) atoms. The van der Waals surface area contributed by atoms with Crippen molar-refractivity contribution < 1.29 is 4.74 Å². The van der Waals surface area contributed by atoms with Crippen molar-refractivity contribution in [2.45, 2.75) is 125 Å². The van der Waals surface area contributed by atoms with Gasteiger partial charge in [-0.2, -0.15) is 8.75 Å². The van der Waals surface area contributed by atoms with Crippen molar-refractivity contribution in [1.82, 2.24) is 18.7 Å². The second kappa shape index (κ2) is 17.9. The van der Waals surface area contributed by atoms with Crippen LogP contribution in [0.2, 0.25) is 0 Å². The van der Waals surface area contributed by atoms with Gasteiger partial charge in [0.2, 0.25) is 0 Å². The van der Waals surface area contributed by atoms with Crippen LogP contribution in [0.25, 0.3) is 64.8 Å². The van der Waals surface area contributed by atoms with E-state index in [9.17, 15) is 0 Å². The van der Waals surface area contributed by atoms with Crippen LogP contribution in [-0.2, 0) is 5.60 Å². The lowest BCUT2D eigenvalue weighted by Gasteiger charge is -2.39. The Morgan fingerprint density at radius 2 is 1.15 bits per heavy atom. The summed E-state index contributed by atoms with van der Waals surface area (Å²) in [4.78, 5) is 16.2. The molecule has 5 nitrogen and oxygen atoms in total. The van der Waals surface area contributed by atoms with Gasteiger partial charge in [0, 0.05) is 37.6 Å². The minimum absolute atomic E-state index is 0.412. The molecule has 8 heteroatoms. The van der Waals surface area contributed by atoms with Gasteiger partial charge in [-0.05, 0) is 75.3 Å². The summed E-state index contributed by atoms with van der Waals surface area (Å²) in [7, 11) is 0. The van der Waals surface area contributed by atoms with Crippen LogP contribution < -0.4 is 4.74 Å². The molecule has 0 fully saturated rings. The number of fused-ring (bicyclic) bond motifs is 5. The summed E-state index contributed by atoms with van der Waals surface area (Å²) in [5, 5.41) is 0. The van der Waals surface area contributed by atoms with Gasteiger partial charge < -0.3 is 4.74 Å². The van der Waals surface area contributed by atoms with Crippen LogP contribution in [0.4, 0.5) is 0 Å². The van der Waals surface area contributed by atoms with E-state index in [1.165, 1.54) is 75.3 Å². The fourth-order valence-electron chi connectivity index (χ4n) is 9.03. The maximum absolute atomic E-state index is 7.49. The van der Waals surface area contributed by atoms with E-state index in [4.69, 9.17) is 23.5 Å². The van der Waals surface area contributed by atoms with Crippen molar-refractivity contribution in [1.29, 1.82) is 0 Å². The molecule has 0 radical (unpaired) electrons.